The fraction of sp³-hybridized carbons (Fsp3) is 0.227. The Morgan fingerprint density at radius 2 is 1.36 bits per heavy atom. The van der Waals surface area contributed by atoms with Crippen molar-refractivity contribution >= 4 is 32.9 Å². The summed E-state index contributed by atoms with van der Waals surface area (Å²) in [6.45, 7) is 0. The summed E-state index contributed by atoms with van der Waals surface area (Å²) < 4.78 is 71.9. The predicted octanol–water partition coefficient (Wildman–Crippen LogP) is 3.32. The molecule has 1 aromatic carbocycles. The van der Waals surface area contributed by atoms with Crippen LogP contribution in [0, 0.1) is 5.41 Å². The Morgan fingerprint density at radius 3 is 1.76 bits per heavy atom. The summed E-state index contributed by atoms with van der Waals surface area (Å²) in [4.78, 5) is 28.7. The lowest BCUT2D eigenvalue weighted by molar-refractivity contribution is -0.161. The third-order valence-corrected chi connectivity index (χ3v) is 6.17. The first-order chi connectivity index (χ1) is 15.3. The van der Waals surface area contributed by atoms with Gasteiger partial charge in [0, 0.05) is 18.0 Å². The Kier molecular flexibility index (Phi) is 6.20. The SMILES string of the molecule is COC(=O)C1(C(=O)OC)C=C(c2ccc(S(C)(=O)=O)cc2)C(c2ccc(C(F)(F)F)nc2)=C1. The number of ether oxygens (including phenoxy) is 2. The van der Waals surface area contributed by atoms with Gasteiger partial charge in [-0.05, 0) is 47.1 Å². The van der Waals surface area contributed by atoms with Crippen molar-refractivity contribution in [2.45, 2.75) is 11.1 Å². The molecular weight excluding hydrogens is 463 g/mol. The van der Waals surface area contributed by atoms with E-state index in [0.29, 0.717) is 5.56 Å². The van der Waals surface area contributed by atoms with Gasteiger partial charge in [0.15, 0.2) is 9.84 Å². The van der Waals surface area contributed by atoms with E-state index in [-0.39, 0.29) is 21.6 Å². The van der Waals surface area contributed by atoms with Crippen LogP contribution in [0.3, 0.4) is 0 Å². The normalized spacial score (nSPS) is 15.5. The van der Waals surface area contributed by atoms with Crippen LogP contribution in [0.2, 0.25) is 0 Å². The Bertz CT molecular complexity index is 1240. The van der Waals surface area contributed by atoms with Crippen molar-refractivity contribution in [3.05, 3.63) is 71.6 Å². The number of carbonyl (C=O) groups excluding carboxylic acids is 2. The lowest BCUT2D eigenvalue weighted by atomic mass is 9.89. The molecule has 0 fully saturated rings. The van der Waals surface area contributed by atoms with E-state index in [2.05, 4.69) is 4.98 Å². The lowest BCUT2D eigenvalue weighted by Gasteiger charge is -2.18. The molecule has 11 heteroatoms. The highest BCUT2D eigenvalue weighted by Crippen LogP contribution is 2.45. The van der Waals surface area contributed by atoms with E-state index in [1.54, 1.807) is 0 Å². The van der Waals surface area contributed by atoms with Gasteiger partial charge in [-0.2, -0.15) is 13.2 Å². The van der Waals surface area contributed by atoms with Crippen LogP contribution in [-0.2, 0) is 35.1 Å². The van der Waals surface area contributed by atoms with E-state index in [0.717, 1.165) is 38.8 Å². The first-order valence-corrected chi connectivity index (χ1v) is 11.2. The number of rotatable bonds is 5. The van der Waals surface area contributed by atoms with Crippen molar-refractivity contribution in [2.75, 3.05) is 20.5 Å². The van der Waals surface area contributed by atoms with Crippen LogP contribution in [-0.4, -0.2) is 45.8 Å². The fourth-order valence-corrected chi connectivity index (χ4v) is 4.02. The van der Waals surface area contributed by atoms with Gasteiger partial charge in [0.25, 0.3) is 0 Å². The van der Waals surface area contributed by atoms with E-state index in [1.165, 1.54) is 36.4 Å². The minimum Gasteiger partial charge on any atom is -0.468 e. The molecule has 2 aromatic rings. The fourth-order valence-electron chi connectivity index (χ4n) is 3.39. The summed E-state index contributed by atoms with van der Waals surface area (Å²) in [5, 5.41) is 0. The third kappa shape index (κ3) is 4.54. The second-order valence-corrected chi connectivity index (χ2v) is 9.21. The third-order valence-electron chi connectivity index (χ3n) is 5.04. The quantitative estimate of drug-likeness (QED) is 0.477. The van der Waals surface area contributed by atoms with Gasteiger partial charge < -0.3 is 9.47 Å². The largest absolute Gasteiger partial charge is 0.468 e. The van der Waals surface area contributed by atoms with Crippen LogP contribution in [0.15, 0.2) is 59.6 Å². The number of alkyl halides is 3. The summed E-state index contributed by atoms with van der Waals surface area (Å²) in [6, 6.07) is 7.52. The summed E-state index contributed by atoms with van der Waals surface area (Å²) in [7, 11) is -1.33. The van der Waals surface area contributed by atoms with Gasteiger partial charge >= 0.3 is 18.1 Å². The molecule has 0 bridgehead atoms. The van der Waals surface area contributed by atoms with Gasteiger partial charge in [0.2, 0.25) is 5.41 Å². The molecule has 7 nitrogen and oxygen atoms in total. The average Bonchev–Trinajstić information content (AvgIpc) is 3.19. The number of halogens is 3. The molecule has 1 heterocycles. The molecular formula is C22H18F3NO6S. The number of nitrogens with zero attached hydrogens (tertiary/aromatic N) is 1. The van der Waals surface area contributed by atoms with Crippen molar-refractivity contribution in [3.63, 3.8) is 0 Å². The average molecular weight is 481 g/mol. The number of carbonyl (C=O) groups is 2. The number of aromatic nitrogens is 1. The number of allylic oxidation sites excluding steroid dienone is 2. The molecule has 0 aliphatic heterocycles. The van der Waals surface area contributed by atoms with E-state index in [1.807, 2.05) is 0 Å². The zero-order valence-electron chi connectivity index (χ0n) is 17.6. The van der Waals surface area contributed by atoms with E-state index < -0.39 is 39.1 Å². The molecule has 1 aromatic heterocycles. The first-order valence-electron chi connectivity index (χ1n) is 9.30. The maximum absolute atomic E-state index is 12.9. The molecule has 0 N–H and O–H groups in total. The molecule has 33 heavy (non-hydrogen) atoms. The molecule has 0 saturated carbocycles. The maximum atomic E-state index is 12.9. The van der Waals surface area contributed by atoms with Crippen molar-refractivity contribution in [1.29, 1.82) is 0 Å². The lowest BCUT2D eigenvalue weighted by Crippen LogP contribution is -2.36. The molecule has 0 atom stereocenters. The smallest absolute Gasteiger partial charge is 0.433 e. The molecule has 0 amide bonds. The Labute approximate surface area is 187 Å². The number of esters is 2. The summed E-state index contributed by atoms with van der Waals surface area (Å²) >= 11 is 0. The Balaban J connectivity index is 2.22. The topological polar surface area (TPSA) is 99.6 Å². The van der Waals surface area contributed by atoms with Crippen molar-refractivity contribution in [1.82, 2.24) is 4.98 Å². The van der Waals surface area contributed by atoms with Gasteiger partial charge in [-0.1, -0.05) is 18.2 Å². The highest BCUT2D eigenvalue weighted by atomic mass is 32.2. The first kappa shape index (κ1) is 24.2. The van der Waals surface area contributed by atoms with Crippen molar-refractivity contribution < 1.29 is 40.7 Å². The van der Waals surface area contributed by atoms with Crippen LogP contribution in [0.5, 0.6) is 0 Å². The van der Waals surface area contributed by atoms with E-state index in [4.69, 9.17) is 9.47 Å². The second-order valence-electron chi connectivity index (χ2n) is 7.19. The van der Waals surface area contributed by atoms with E-state index in [9.17, 15) is 31.2 Å². The highest BCUT2D eigenvalue weighted by molar-refractivity contribution is 7.90. The molecule has 1 aliphatic carbocycles. The predicted molar refractivity (Wildman–Crippen MR) is 111 cm³/mol. The maximum Gasteiger partial charge on any atom is 0.433 e. The number of methoxy groups -OCH3 is 2. The minimum absolute atomic E-state index is 0.0405. The number of hydrogen-bond donors (Lipinski definition) is 0. The van der Waals surface area contributed by atoms with Gasteiger partial charge in [0.1, 0.15) is 5.69 Å². The molecule has 1 aliphatic rings. The van der Waals surface area contributed by atoms with Gasteiger partial charge in [0.05, 0.1) is 19.1 Å². The van der Waals surface area contributed by atoms with Gasteiger partial charge in [-0.3, -0.25) is 14.6 Å². The summed E-state index contributed by atoms with van der Waals surface area (Å²) in [5.41, 5.74) is -2.00. The molecule has 0 unspecified atom stereocenters. The second kappa shape index (κ2) is 8.47. The number of hydrogen-bond acceptors (Lipinski definition) is 7. The monoisotopic (exact) mass is 481 g/mol. The van der Waals surface area contributed by atoms with Gasteiger partial charge in [-0.25, -0.2) is 8.42 Å². The standard InChI is InChI=1S/C22H18F3NO6S/c1-31-19(27)21(20(28)32-2)10-16(13-4-7-15(8-5-13)33(3,29)30)17(11-21)14-6-9-18(26-12-14)22(23,24)25/h4-12H,1-3H3. The molecule has 0 radical (unpaired) electrons. The summed E-state index contributed by atoms with van der Waals surface area (Å²) in [6.07, 6.45) is -0.139. The van der Waals surface area contributed by atoms with Crippen molar-refractivity contribution in [3.8, 4) is 0 Å². The van der Waals surface area contributed by atoms with Gasteiger partial charge in [-0.15, -0.1) is 0 Å². The number of benzene rings is 1. The minimum atomic E-state index is -4.65. The number of sulfone groups is 1. The highest BCUT2D eigenvalue weighted by Gasteiger charge is 2.49. The van der Waals surface area contributed by atoms with E-state index >= 15 is 0 Å². The van der Waals surface area contributed by atoms with Crippen LogP contribution in [0.1, 0.15) is 16.8 Å². The van der Waals surface area contributed by atoms with Crippen LogP contribution < -0.4 is 0 Å². The Morgan fingerprint density at radius 1 is 0.879 bits per heavy atom. The number of pyridine rings is 1. The summed E-state index contributed by atoms with van der Waals surface area (Å²) in [5.74, 6) is -1.93. The van der Waals surface area contributed by atoms with Crippen LogP contribution in [0.25, 0.3) is 11.1 Å². The zero-order valence-corrected chi connectivity index (χ0v) is 18.5. The van der Waals surface area contributed by atoms with Crippen LogP contribution >= 0.6 is 0 Å². The molecule has 0 spiro atoms. The Hall–Kier alpha value is -3.47. The van der Waals surface area contributed by atoms with Crippen molar-refractivity contribution in [2.24, 2.45) is 5.41 Å². The zero-order chi connectivity index (χ0) is 24.6. The van der Waals surface area contributed by atoms with Crippen LogP contribution in [0.4, 0.5) is 13.2 Å². The molecule has 3 rings (SSSR count). The molecule has 0 saturated heterocycles. The molecule has 174 valence electrons.